The topological polar surface area (TPSA) is 78.9 Å². The van der Waals surface area contributed by atoms with Crippen molar-refractivity contribution in [1.29, 1.82) is 0 Å². The van der Waals surface area contributed by atoms with Crippen molar-refractivity contribution < 1.29 is 28.6 Å². The van der Waals surface area contributed by atoms with Crippen LogP contribution in [0.25, 0.3) is 0 Å². The van der Waals surface area contributed by atoms with Crippen molar-refractivity contribution >= 4 is 17.9 Å². The van der Waals surface area contributed by atoms with Crippen molar-refractivity contribution in [2.45, 2.75) is 181 Å². The van der Waals surface area contributed by atoms with Crippen molar-refractivity contribution in [3.8, 4) is 0 Å². The fraction of sp³-hybridized carbons (Fsp3) is 0.508. The molecular weight excluding hydrogens is 805 g/mol. The molecule has 0 rings (SSSR count). The molecule has 6 nitrogen and oxygen atoms in total. The van der Waals surface area contributed by atoms with Crippen molar-refractivity contribution in [3.05, 3.63) is 158 Å². The first kappa shape index (κ1) is 60.0. The van der Waals surface area contributed by atoms with Gasteiger partial charge in [-0.3, -0.25) is 14.4 Å². The van der Waals surface area contributed by atoms with Crippen LogP contribution in [-0.2, 0) is 28.6 Å². The first-order valence-electron chi connectivity index (χ1n) is 25.0. The van der Waals surface area contributed by atoms with Gasteiger partial charge in [0.05, 0.1) is 0 Å². The van der Waals surface area contributed by atoms with Gasteiger partial charge < -0.3 is 14.2 Å². The van der Waals surface area contributed by atoms with Crippen molar-refractivity contribution in [1.82, 2.24) is 0 Å². The predicted octanol–water partition coefficient (Wildman–Crippen LogP) is 16.6. The number of unbranched alkanes of at least 4 members (excludes halogenated alkanes) is 5. The lowest BCUT2D eigenvalue weighted by atomic mass is 10.1. The molecule has 1 atom stereocenters. The zero-order chi connectivity index (χ0) is 47.2. The van der Waals surface area contributed by atoms with Gasteiger partial charge in [-0.2, -0.15) is 0 Å². The number of esters is 3. The van der Waals surface area contributed by atoms with Crippen LogP contribution >= 0.6 is 0 Å². The van der Waals surface area contributed by atoms with E-state index in [0.717, 1.165) is 116 Å². The summed E-state index contributed by atoms with van der Waals surface area (Å²) in [7, 11) is 0. The number of hydrogen-bond acceptors (Lipinski definition) is 6. The molecule has 0 aliphatic carbocycles. The number of carbonyl (C=O) groups excluding carboxylic acids is 3. The molecule has 0 bridgehead atoms. The highest BCUT2D eigenvalue weighted by Gasteiger charge is 2.19. The molecule has 0 aromatic heterocycles. The largest absolute Gasteiger partial charge is 0.462 e. The summed E-state index contributed by atoms with van der Waals surface area (Å²) < 4.78 is 16.7. The highest BCUT2D eigenvalue weighted by atomic mass is 16.6. The fourth-order valence-corrected chi connectivity index (χ4v) is 5.87. The Bertz CT molecular complexity index is 1540. The van der Waals surface area contributed by atoms with Gasteiger partial charge in [0.25, 0.3) is 0 Å². The second kappa shape index (κ2) is 51.7. The van der Waals surface area contributed by atoms with Gasteiger partial charge in [-0.25, -0.2) is 0 Å². The Morgan fingerprint density at radius 2 is 0.554 bits per heavy atom. The van der Waals surface area contributed by atoms with Crippen LogP contribution in [-0.4, -0.2) is 37.2 Å². The van der Waals surface area contributed by atoms with Crippen molar-refractivity contribution in [2.24, 2.45) is 0 Å². The van der Waals surface area contributed by atoms with E-state index in [4.69, 9.17) is 14.2 Å². The van der Waals surface area contributed by atoms with Crippen LogP contribution < -0.4 is 0 Å². The van der Waals surface area contributed by atoms with Gasteiger partial charge in [-0.05, 0) is 135 Å². The second-order valence-corrected chi connectivity index (χ2v) is 15.6. The first-order chi connectivity index (χ1) is 32.0. The molecule has 6 heteroatoms. The fourth-order valence-electron chi connectivity index (χ4n) is 5.87. The molecule has 0 aromatic carbocycles. The van der Waals surface area contributed by atoms with Crippen LogP contribution in [0.15, 0.2) is 158 Å². The van der Waals surface area contributed by atoms with E-state index in [1.807, 2.05) is 0 Å². The maximum atomic E-state index is 12.8. The minimum absolute atomic E-state index is 0.142. The molecule has 0 saturated heterocycles. The van der Waals surface area contributed by atoms with Gasteiger partial charge in [0.15, 0.2) is 6.10 Å². The standard InChI is InChI=1S/C59H88O6/c1-4-7-10-13-16-19-22-25-28-29-32-34-37-40-43-46-49-52-58(61)64-55-56(65-59(62)53-50-47-44-41-38-35-31-27-24-21-18-15-12-9-6-3)54-63-57(60)51-48-45-42-39-36-33-30-26-23-20-17-14-11-8-5-2/h7-12,16-21,25-28,30-32,34,36,38-41,43,56H,4-6,13-15,22-24,29,33,35,37,42,44-55H2,1-3H3/b10-7-,11-8-,12-9-,19-16-,20-17-,21-18-,28-25-,30-26-,31-27-,34-32-,39-36-,41-38-,43-40-/t56-/m1/s1. The van der Waals surface area contributed by atoms with E-state index >= 15 is 0 Å². The summed E-state index contributed by atoms with van der Waals surface area (Å²) in [5.41, 5.74) is 0. The average molecular weight is 893 g/mol. The summed E-state index contributed by atoms with van der Waals surface area (Å²) in [6, 6.07) is 0. The van der Waals surface area contributed by atoms with Crippen LogP contribution in [0.3, 0.4) is 0 Å². The Hall–Kier alpha value is -4.97. The SMILES string of the molecule is CC/C=C\C/C=C\C/C=C\C/C=C\C/C=C\CCCC(=O)OC[C@@H](COC(=O)CCCC/C=C\C/C=C\C/C=C\C/C=C\CC)OC(=O)CCCC/C=C\C/C=C\C/C=C\C/C=C\CC. The van der Waals surface area contributed by atoms with E-state index in [-0.39, 0.29) is 50.4 Å². The predicted molar refractivity (Wildman–Crippen MR) is 278 cm³/mol. The Kier molecular flexibility index (Phi) is 47.7. The Morgan fingerprint density at radius 3 is 0.862 bits per heavy atom. The quantitative estimate of drug-likeness (QED) is 0.0263. The summed E-state index contributed by atoms with van der Waals surface area (Å²) in [6.07, 6.45) is 75.2. The lowest BCUT2D eigenvalue weighted by Gasteiger charge is -2.18. The molecule has 0 unspecified atom stereocenters. The summed E-state index contributed by atoms with van der Waals surface area (Å²) in [5.74, 6) is -1.10. The zero-order valence-corrected chi connectivity index (χ0v) is 40.9. The van der Waals surface area contributed by atoms with Crippen LogP contribution in [0.1, 0.15) is 175 Å². The molecule has 0 spiro atoms. The molecule has 0 saturated carbocycles. The minimum Gasteiger partial charge on any atom is -0.462 e. The number of allylic oxidation sites excluding steroid dienone is 26. The summed E-state index contributed by atoms with van der Waals surface area (Å²) >= 11 is 0. The molecule has 360 valence electrons. The third-order valence-corrected chi connectivity index (χ3v) is 9.51. The zero-order valence-electron chi connectivity index (χ0n) is 40.9. The maximum absolute atomic E-state index is 12.8. The maximum Gasteiger partial charge on any atom is 0.306 e. The highest BCUT2D eigenvalue weighted by molar-refractivity contribution is 5.71. The van der Waals surface area contributed by atoms with Gasteiger partial charge >= 0.3 is 17.9 Å². The molecule has 0 N–H and O–H groups in total. The first-order valence-corrected chi connectivity index (χ1v) is 25.0. The van der Waals surface area contributed by atoms with Crippen LogP contribution in [0.5, 0.6) is 0 Å². The van der Waals surface area contributed by atoms with E-state index in [0.29, 0.717) is 19.3 Å². The lowest BCUT2D eigenvalue weighted by molar-refractivity contribution is -0.167. The van der Waals surface area contributed by atoms with E-state index in [1.165, 1.54) is 0 Å². The summed E-state index contributed by atoms with van der Waals surface area (Å²) in [4.78, 5) is 37.9. The third-order valence-electron chi connectivity index (χ3n) is 9.51. The van der Waals surface area contributed by atoms with Crippen LogP contribution in [0, 0.1) is 0 Å². The Labute approximate surface area is 397 Å². The van der Waals surface area contributed by atoms with E-state index in [9.17, 15) is 14.4 Å². The Morgan fingerprint density at radius 1 is 0.308 bits per heavy atom. The average Bonchev–Trinajstić information content (AvgIpc) is 3.30. The molecular formula is C59H88O6. The second-order valence-electron chi connectivity index (χ2n) is 15.6. The van der Waals surface area contributed by atoms with Gasteiger partial charge in [-0.1, -0.05) is 179 Å². The summed E-state index contributed by atoms with van der Waals surface area (Å²) in [6.45, 7) is 6.13. The highest BCUT2D eigenvalue weighted by Crippen LogP contribution is 2.09. The normalized spacial score (nSPS) is 13.5. The molecule has 0 amide bonds. The number of hydrogen-bond donors (Lipinski definition) is 0. The monoisotopic (exact) mass is 893 g/mol. The van der Waals surface area contributed by atoms with Crippen molar-refractivity contribution in [3.63, 3.8) is 0 Å². The van der Waals surface area contributed by atoms with Gasteiger partial charge in [0, 0.05) is 19.3 Å². The molecule has 0 radical (unpaired) electrons. The van der Waals surface area contributed by atoms with Gasteiger partial charge in [0.1, 0.15) is 13.2 Å². The molecule has 0 aliphatic heterocycles. The van der Waals surface area contributed by atoms with Crippen molar-refractivity contribution in [2.75, 3.05) is 13.2 Å². The number of rotatable bonds is 42. The lowest BCUT2D eigenvalue weighted by Crippen LogP contribution is -2.30. The van der Waals surface area contributed by atoms with E-state index in [1.54, 1.807) is 0 Å². The third kappa shape index (κ3) is 49.9. The molecule has 0 aromatic rings. The molecule has 0 fully saturated rings. The number of ether oxygens (including phenoxy) is 3. The van der Waals surface area contributed by atoms with Crippen LogP contribution in [0.4, 0.5) is 0 Å². The molecule has 0 heterocycles. The van der Waals surface area contributed by atoms with E-state index < -0.39 is 6.10 Å². The number of carbonyl (C=O) groups is 3. The van der Waals surface area contributed by atoms with Gasteiger partial charge in [0.2, 0.25) is 0 Å². The molecule has 65 heavy (non-hydrogen) atoms. The van der Waals surface area contributed by atoms with Gasteiger partial charge in [-0.15, -0.1) is 0 Å². The van der Waals surface area contributed by atoms with E-state index in [2.05, 4.69) is 179 Å². The molecule has 0 aliphatic rings. The van der Waals surface area contributed by atoms with Crippen LogP contribution in [0.2, 0.25) is 0 Å². The smallest absolute Gasteiger partial charge is 0.306 e. The summed E-state index contributed by atoms with van der Waals surface area (Å²) in [5, 5.41) is 0. The Balaban J connectivity index is 4.66. The minimum atomic E-state index is -0.847.